The van der Waals surface area contributed by atoms with E-state index in [1.54, 1.807) is 17.7 Å². The van der Waals surface area contributed by atoms with E-state index in [0.29, 0.717) is 35.2 Å². The van der Waals surface area contributed by atoms with Gasteiger partial charge in [-0.2, -0.15) is 9.97 Å². The molecule has 1 aliphatic rings. The monoisotopic (exact) mass is 394 g/mol. The zero-order valence-corrected chi connectivity index (χ0v) is 15.3. The zero-order valence-electron chi connectivity index (χ0n) is 14.6. The van der Waals surface area contributed by atoms with Crippen molar-refractivity contribution in [2.45, 2.75) is 25.8 Å². The van der Waals surface area contributed by atoms with Crippen LogP contribution in [-0.4, -0.2) is 50.6 Å². The molecule has 0 bridgehead atoms. The third-order valence-corrected chi connectivity index (χ3v) is 4.71. The Labute approximate surface area is 158 Å². The number of hydrogen-bond acceptors (Lipinski definition) is 6. The first-order chi connectivity index (χ1) is 13.0. The van der Waals surface area contributed by atoms with Gasteiger partial charge in [0.1, 0.15) is 0 Å². The van der Waals surface area contributed by atoms with Gasteiger partial charge in [0.15, 0.2) is 17.0 Å². The highest BCUT2D eigenvalue weighted by atomic mass is 35.5. The summed E-state index contributed by atoms with van der Waals surface area (Å²) in [6, 6.07) is 7.49. The molecule has 4 rings (SSSR count). The van der Waals surface area contributed by atoms with Gasteiger partial charge in [0.05, 0.1) is 19.7 Å². The fourth-order valence-electron chi connectivity index (χ4n) is 3.05. The molecule has 0 radical (unpaired) electrons. The summed E-state index contributed by atoms with van der Waals surface area (Å²) in [6.45, 7) is 2.27. The van der Waals surface area contributed by atoms with Crippen molar-refractivity contribution in [1.82, 2.24) is 25.0 Å². The first-order valence-corrected chi connectivity index (χ1v) is 8.95. The Hall–Kier alpha value is -2.55. The van der Waals surface area contributed by atoms with Gasteiger partial charge in [0.25, 0.3) is 5.92 Å². The van der Waals surface area contributed by atoms with Crippen molar-refractivity contribution in [2.75, 3.05) is 24.6 Å². The highest BCUT2D eigenvalue weighted by molar-refractivity contribution is 6.31. The van der Waals surface area contributed by atoms with Gasteiger partial charge in [-0.1, -0.05) is 35.0 Å². The van der Waals surface area contributed by atoms with E-state index < -0.39 is 12.5 Å². The Kier molecular flexibility index (Phi) is 4.55. The first-order valence-electron chi connectivity index (χ1n) is 8.57. The molecule has 3 aromatic rings. The maximum Gasteiger partial charge on any atom is 0.320 e. The molecule has 1 fully saturated rings. The molecule has 1 saturated heterocycles. The second-order valence-electron chi connectivity index (χ2n) is 6.30. The van der Waals surface area contributed by atoms with Crippen LogP contribution < -0.4 is 9.64 Å². The lowest BCUT2D eigenvalue weighted by molar-refractivity contribution is 0.0257. The second kappa shape index (κ2) is 6.88. The van der Waals surface area contributed by atoms with Gasteiger partial charge < -0.3 is 9.64 Å². The molecular formula is C17H17ClF2N6O. The van der Waals surface area contributed by atoms with Crippen molar-refractivity contribution >= 4 is 28.6 Å². The molecule has 0 saturated carbocycles. The normalized spacial score (nSPS) is 16.2. The molecular weight excluding hydrogens is 378 g/mol. The van der Waals surface area contributed by atoms with Crippen LogP contribution in [0.25, 0.3) is 11.2 Å². The molecule has 27 heavy (non-hydrogen) atoms. The van der Waals surface area contributed by atoms with Crippen LogP contribution in [-0.2, 0) is 6.54 Å². The van der Waals surface area contributed by atoms with E-state index in [4.69, 9.17) is 16.3 Å². The number of hydrogen-bond donors (Lipinski definition) is 0. The molecule has 7 nitrogen and oxygen atoms in total. The summed E-state index contributed by atoms with van der Waals surface area (Å²) < 4.78 is 34.4. The van der Waals surface area contributed by atoms with Crippen LogP contribution >= 0.6 is 11.6 Å². The molecule has 2 aromatic heterocycles. The van der Waals surface area contributed by atoms with Crippen LogP contribution in [0.15, 0.2) is 24.3 Å². The Bertz CT molecular complexity index is 979. The number of rotatable bonds is 5. The average molecular weight is 395 g/mol. The zero-order chi connectivity index (χ0) is 19.0. The fourth-order valence-corrected chi connectivity index (χ4v) is 3.24. The van der Waals surface area contributed by atoms with Crippen LogP contribution in [0.1, 0.15) is 18.9 Å². The molecule has 0 amide bonds. The van der Waals surface area contributed by atoms with E-state index in [1.165, 1.54) is 4.90 Å². The third-order valence-electron chi connectivity index (χ3n) is 4.34. The molecule has 3 heterocycles. The van der Waals surface area contributed by atoms with E-state index in [9.17, 15) is 8.78 Å². The van der Waals surface area contributed by atoms with Crippen LogP contribution in [0.5, 0.6) is 6.01 Å². The second-order valence-corrected chi connectivity index (χ2v) is 6.71. The van der Waals surface area contributed by atoms with Crippen molar-refractivity contribution < 1.29 is 13.5 Å². The quantitative estimate of drug-likeness (QED) is 0.662. The Morgan fingerprint density at radius 2 is 2.07 bits per heavy atom. The summed E-state index contributed by atoms with van der Waals surface area (Å²) >= 11 is 6.23. The van der Waals surface area contributed by atoms with Gasteiger partial charge in [-0.15, -0.1) is 5.10 Å². The lowest BCUT2D eigenvalue weighted by atomic mass is 10.2. The van der Waals surface area contributed by atoms with Crippen molar-refractivity contribution in [3.63, 3.8) is 0 Å². The largest absolute Gasteiger partial charge is 0.464 e. The van der Waals surface area contributed by atoms with Gasteiger partial charge in [0.2, 0.25) is 0 Å². The van der Waals surface area contributed by atoms with Crippen molar-refractivity contribution in [1.29, 1.82) is 0 Å². The number of anilines is 1. The Balaban J connectivity index is 1.78. The summed E-state index contributed by atoms with van der Waals surface area (Å²) in [4.78, 5) is 10.2. The van der Waals surface area contributed by atoms with Gasteiger partial charge in [0, 0.05) is 18.0 Å². The minimum absolute atomic E-state index is 0.109. The summed E-state index contributed by atoms with van der Waals surface area (Å²) in [5, 5.41) is 8.87. The standard InChI is InChI=1S/C17H17ClF2N6O/c1-2-27-16-21-14(25-8-7-17(19,20)10-25)13-15(22-16)26(24-23-13)9-11-5-3-4-6-12(11)18/h3-6H,2,7-10H2,1H3. The predicted molar refractivity (Wildman–Crippen MR) is 96.6 cm³/mol. The SMILES string of the molecule is CCOc1nc(N2CCC(F)(F)C2)c2nnn(Cc3ccccc3Cl)c2n1. The summed E-state index contributed by atoms with van der Waals surface area (Å²) in [6.07, 6.45) is -0.226. The van der Waals surface area contributed by atoms with E-state index in [0.717, 1.165) is 5.56 Å². The molecule has 0 aliphatic carbocycles. The maximum absolute atomic E-state index is 13.7. The molecule has 0 N–H and O–H groups in total. The lowest BCUT2D eigenvalue weighted by Crippen LogP contribution is -2.26. The minimum atomic E-state index is -2.75. The number of aromatic nitrogens is 5. The van der Waals surface area contributed by atoms with Crippen LogP contribution in [0.2, 0.25) is 5.02 Å². The van der Waals surface area contributed by atoms with Gasteiger partial charge in [-0.25, -0.2) is 13.5 Å². The molecule has 1 aliphatic heterocycles. The van der Waals surface area contributed by atoms with E-state index in [1.807, 2.05) is 18.2 Å². The molecule has 1 aromatic carbocycles. The first kappa shape index (κ1) is 17.8. The number of alkyl halides is 2. The predicted octanol–water partition coefficient (Wildman–Crippen LogP) is 3.17. The Morgan fingerprint density at radius 1 is 1.26 bits per heavy atom. The summed E-state index contributed by atoms with van der Waals surface area (Å²) in [7, 11) is 0. The average Bonchev–Trinajstić information content (AvgIpc) is 3.20. The molecule has 0 unspecified atom stereocenters. The summed E-state index contributed by atoms with van der Waals surface area (Å²) in [5.41, 5.74) is 1.62. The number of benzene rings is 1. The fraction of sp³-hybridized carbons (Fsp3) is 0.412. The smallest absolute Gasteiger partial charge is 0.320 e. The Morgan fingerprint density at radius 3 is 2.78 bits per heavy atom. The number of nitrogens with zero attached hydrogens (tertiary/aromatic N) is 6. The topological polar surface area (TPSA) is 69.0 Å². The van der Waals surface area contributed by atoms with Crippen molar-refractivity contribution in [2.24, 2.45) is 0 Å². The van der Waals surface area contributed by atoms with Gasteiger partial charge in [-0.05, 0) is 18.6 Å². The van der Waals surface area contributed by atoms with Crippen LogP contribution in [0.4, 0.5) is 14.6 Å². The number of fused-ring (bicyclic) bond motifs is 1. The van der Waals surface area contributed by atoms with E-state index in [2.05, 4.69) is 20.3 Å². The number of ether oxygens (including phenoxy) is 1. The lowest BCUT2D eigenvalue weighted by Gasteiger charge is -2.17. The molecule has 10 heteroatoms. The third kappa shape index (κ3) is 3.51. The maximum atomic E-state index is 13.7. The van der Waals surface area contributed by atoms with Crippen molar-refractivity contribution in [3.8, 4) is 6.01 Å². The van der Waals surface area contributed by atoms with Crippen LogP contribution in [0, 0.1) is 0 Å². The van der Waals surface area contributed by atoms with E-state index in [-0.39, 0.29) is 19.0 Å². The highest BCUT2D eigenvalue weighted by Gasteiger charge is 2.40. The molecule has 0 spiro atoms. The van der Waals surface area contributed by atoms with Gasteiger partial charge in [-0.3, -0.25) is 0 Å². The summed E-state index contributed by atoms with van der Waals surface area (Å²) in [5.74, 6) is -2.44. The van der Waals surface area contributed by atoms with E-state index >= 15 is 0 Å². The minimum Gasteiger partial charge on any atom is -0.464 e. The number of halogens is 3. The molecule has 142 valence electrons. The van der Waals surface area contributed by atoms with Gasteiger partial charge >= 0.3 is 6.01 Å². The van der Waals surface area contributed by atoms with Crippen LogP contribution in [0.3, 0.4) is 0 Å². The van der Waals surface area contributed by atoms with Crippen molar-refractivity contribution in [3.05, 3.63) is 34.9 Å². The highest BCUT2D eigenvalue weighted by Crippen LogP contribution is 2.33. The molecule has 0 atom stereocenters.